The van der Waals surface area contributed by atoms with Crippen LogP contribution in [0.3, 0.4) is 0 Å². The van der Waals surface area contributed by atoms with Crippen molar-refractivity contribution in [1.29, 1.82) is 0 Å². The molecule has 0 saturated heterocycles. The van der Waals surface area contributed by atoms with Crippen molar-refractivity contribution in [3.05, 3.63) is 84.0 Å². The smallest absolute Gasteiger partial charge is 0.307 e. The summed E-state index contributed by atoms with van der Waals surface area (Å²) in [6, 6.07) is 17.9. The van der Waals surface area contributed by atoms with Crippen LogP contribution in [0, 0.1) is 0 Å². The SMILES string of the molecule is O=C(O)Cc1ccc(NCCCCC/C=C/C=C/c2ccccc2)cc1. The maximum absolute atomic E-state index is 10.6. The summed E-state index contributed by atoms with van der Waals surface area (Å²) in [5.41, 5.74) is 3.10. The summed E-state index contributed by atoms with van der Waals surface area (Å²) in [5, 5.41) is 12.1. The van der Waals surface area contributed by atoms with Crippen molar-refractivity contribution >= 4 is 17.7 Å². The molecule has 3 heteroatoms. The van der Waals surface area contributed by atoms with Gasteiger partial charge in [-0.25, -0.2) is 0 Å². The van der Waals surface area contributed by atoms with Gasteiger partial charge in [-0.2, -0.15) is 0 Å². The Labute approximate surface area is 156 Å². The van der Waals surface area contributed by atoms with E-state index in [1.165, 1.54) is 18.4 Å². The van der Waals surface area contributed by atoms with Crippen LogP contribution in [0.5, 0.6) is 0 Å². The molecule has 0 spiro atoms. The van der Waals surface area contributed by atoms with E-state index in [0.29, 0.717) is 0 Å². The van der Waals surface area contributed by atoms with Crippen molar-refractivity contribution in [2.75, 3.05) is 11.9 Å². The lowest BCUT2D eigenvalue weighted by atomic mass is 10.1. The van der Waals surface area contributed by atoms with E-state index in [0.717, 1.165) is 30.6 Å². The highest BCUT2D eigenvalue weighted by atomic mass is 16.4. The summed E-state index contributed by atoms with van der Waals surface area (Å²) in [5.74, 6) is -0.796. The van der Waals surface area contributed by atoms with E-state index in [-0.39, 0.29) is 6.42 Å². The summed E-state index contributed by atoms with van der Waals surface area (Å²) >= 11 is 0. The van der Waals surface area contributed by atoms with Crippen molar-refractivity contribution < 1.29 is 9.90 Å². The molecule has 0 aromatic heterocycles. The number of carboxylic acids is 1. The molecule has 0 aliphatic heterocycles. The molecule has 0 bridgehead atoms. The second kappa shape index (κ2) is 11.7. The first-order valence-electron chi connectivity index (χ1n) is 9.17. The Balaban J connectivity index is 1.52. The molecule has 0 heterocycles. The third-order valence-corrected chi connectivity index (χ3v) is 4.02. The van der Waals surface area contributed by atoms with E-state index in [1.54, 1.807) is 0 Å². The number of hydrogen-bond donors (Lipinski definition) is 2. The number of nitrogens with one attached hydrogen (secondary N) is 1. The van der Waals surface area contributed by atoms with Crippen LogP contribution in [0.25, 0.3) is 6.08 Å². The second-order valence-corrected chi connectivity index (χ2v) is 6.24. The zero-order chi connectivity index (χ0) is 18.5. The first-order chi connectivity index (χ1) is 12.7. The van der Waals surface area contributed by atoms with E-state index < -0.39 is 5.97 Å². The lowest BCUT2D eigenvalue weighted by Crippen LogP contribution is -2.02. The van der Waals surface area contributed by atoms with Gasteiger partial charge in [0.15, 0.2) is 0 Å². The first kappa shape index (κ1) is 19.5. The van der Waals surface area contributed by atoms with Crippen molar-refractivity contribution in [2.45, 2.75) is 32.1 Å². The van der Waals surface area contributed by atoms with Crippen molar-refractivity contribution in [3.63, 3.8) is 0 Å². The lowest BCUT2D eigenvalue weighted by Gasteiger charge is -2.06. The average Bonchev–Trinajstić information content (AvgIpc) is 2.65. The normalized spacial score (nSPS) is 11.2. The van der Waals surface area contributed by atoms with Crippen molar-refractivity contribution in [2.24, 2.45) is 0 Å². The minimum atomic E-state index is -0.796. The van der Waals surface area contributed by atoms with Gasteiger partial charge in [-0.15, -0.1) is 0 Å². The largest absolute Gasteiger partial charge is 0.481 e. The Morgan fingerprint density at radius 1 is 0.923 bits per heavy atom. The summed E-state index contributed by atoms with van der Waals surface area (Å²) in [6.45, 7) is 0.940. The van der Waals surface area contributed by atoms with E-state index in [4.69, 9.17) is 5.11 Å². The van der Waals surface area contributed by atoms with Crippen LogP contribution < -0.4 is 5.32 Å². The Kier molecular flexibility index (Phi) is 8.78. The van der Waals surface area contributed by atoms with Gasteiger partial charge in [0.1, 0.15) is 0 Å². The van der Waals surface area contributed by atoms with Gasteiger partial charge in [0.05, 0.1) is 6.42 Å². The fraction of sp³-hybridized carbons (Fsp3) is 0.261. The van der Waals surface area contributed by atoms with Crippen LogP contribution in [0.2, 0.25) is 0 Å². The molecule has 2 aromatic carbocycles. The molecule has 0 amide bonds. The molecular weight excluding hydrogens is 322 g/mol. The van der Waals surface area contributed by atoms with E-state index >= 15 is 0 Å². The Morgan fingerprint density at radius 2 is 1.69 bits per heavy atom. The van der Waals surface area contributed by atoms with Gasteiger partial charge in [-0.1, -0.05) is 73.2 Å². The van der Waals surface area contributed by atoms with Crippen LogP contribution in [0.15, 0.2) is 72.8 Å². The number of aliphatic carboxylic acids is 1. The molecule has 3 nitrogen and oxygen atoms in total. The van der Waals surface area contributed by atoms with E-state index in [1.807, 2.05) is 42.5 Å². The molecule has 2 N–H and O–H groups in total. The van der Waals surface area contributed by atoms with E-state index in [2.05, 4.69) is 41.8 Å². The van der Waals surface area contributed by atoms with Crippen molar-refractivity contribution in [1.82, 2.24) is 0 Å². The number of carbonyl (C=O) groups is 1. The summed E-state index contributed by atoms with van der Waals surface area (Å²) in [7, 11) is 0. The number of hydrogen-bond acceptors (Lipinski definition) is 2. The third kappa shape index (κ3) is 8.34. The lowest BCUT2D eigenvalue weighted by molar-refractivity contribution is -0.136. The monoisotopic (exact) mass is 349 g/mol. The predicted molar refractivity (Wildman–Crippen MR) is 109 cm³/mol. The fourth-order valence-corrected chi connectivity index (χ4v) is 2.62. The van der Waals surface area contributed by atoms with Gasteiger partial charge in [-0.3, -0.25) is 4.79 Å². The van der Waals surface area contributed by atoms with Crippen LogP contribution in [0.4, 0.5) is 5.69 Å². The molecule has 0 atom stereocenters. The van der Waals surface area contributed by atoms with Gasteiger partial charge < -0.3 is 10.4 Å². The Hall–Kier alpha value is -2.81. The summed E-state index contributed by atoms with van der Waals surface area (Å²) in [4.78, 5) is 10.6. The number of benzene rings is 2. The van der Waals surface area contributed by atoms with Crippen LogP contribution in [-0.2, 0) is 11.2 Å². The number of anilines is 1. The molecule has 2 rings (SSSR count). The minimum absolute atomic E-state index is 0.0777. The maximum Gasteiger partial charge on any atom is 0.307 e. The van der Waals surface area contributed by atoms with Gasteiger partial charge in [0, 0.05) is 12.2 Å². The van der Waals surface area contributed by atoms with E-state index in [9.17, 15) is 4.79 Å². The van der Waals surface area contributed by atoms with Crippen molar-refractivity contribution in [3.8, 4) is 0 Å². The molecule has 0 saturated carbocycles. The highest BCUT2D eigenvalue weighted by Crippen LogP contribution is 2.11. The van der Waals surface area contributed by atoms with Gasteiger partial charge in [0.2, 0.25) is 0 Å². The molecule has 26 heavy (non-hydrogen) atoms. The van der Waals surface area contributed by atoms with Crippen LogP contribution in [-0.4, -0.2) is 17.6 Å². The molecule has 0 unspecified atom stereocenters. The molecular formula is C23H27NO2. The minimum Gasteiger partial charge on any atom is -0.481 e. The molecule has 2 aromatic rings. The first-order valence-corrected chi connectivity index (χ1v) is 9.17. The third-order valence-electron chi connectivity index (χ3n) is 4.02. The van der Waals surface area contributed by atoms with Crippen LogP contribution >= 0.6 is 0 Å². The zero-order valence-electron chi connectivity index (χ0n) is 15.1. The number of carboxylic acid groups (broad SMARTS) is 1. The Morgan fingerprint density at radius 3 is 2.42 bits per heavy atom. The fourth-order valence-electron chi connectivity index (χ4n) is 2.62. The molecule has 0 aliphatic carbocycles. The number of allylic oxidation sites excluding steroid dienone is 3. The molecule has 0 aliphatic rings. The Bertz CT molecular complexity index is 703. The van der Waals surface area contributed by atoms with Gasteiger partial charge in [0.25, 0.3) is 0 Å². The second-order valence-electron chi connectivity index (χ2n) is 6.24. The zero-order valence-corrected chi connectivity index (χ0v) is 15.1. The number of rotatable bonds is 11. The highest BCUT2D eigenvalue weighted by molar-refractivity contribution is 5.70. The van der Waals surface area contributed by atoms with Crippen LogP contribution in [0.1, 0.15) is 36.8 Å². The standard InChI is InChI=1S/C23H27NO2/c25-23(26)19-21-14-16-22(17-15-21)24-18-10-5-3-1-2-4-7-11-20-12-8-6-9-13-20/h2,4,6-9,11-17,24H,1,3,5,10,18-19H2,(H,25,26)/b4-2+,11-7+. The highest BCUT2D eigenvalue weighted by Gasteiger charge is 1.99. The molecule has 136 valence electrons. The predicted octanol–water partition coefficient (Wildman–Crippen LogP) is 5.56. The molecule has 0 radical (unpaired) electrons. The quantitative estimate of drug-likeness (QED) is 0.413. The number of unbranched alkanes of at least 4 members (excludes halogenated alkanes) is 3. The summed E-state index contributed by atoms with van der Waals surface area (Å²) < 4.78 is 0. The van der Waals surface area contributed by atoms with Gasteiger partial charge >= 0.3 is 5.97 Å². The average molecular weight is 349 g/mol. The van der Waals surface area contributed by atoms with Gasteiger partial charge in [-0.05, 0) is 42.5 Å². The maximum atomic E-state index is 10.6. The molecule has 0 fully saturated rings. The topological polar surface area (TPSA) is 49.3 Å². The summed E-state index contributed by atoms with van der Waals surface area (Å²) in [6.07, 6.45) is 13.2.